The molecule has 0 saturated heterocycles. The van der Waals surface area contributed by atoms with Crippen molar-refractivity contribution in [2.75, 3.05) is 20.3 Å². The lowest BCUT2D eigenvalue weighted by atomic mass is 9.89. The van der Waals surface area contributed by atoms with Gasteiger partial charge < -0.3 is 14.8 Å². The second-order valence-electron chi connectivity index (χ2n) is 5.32. The molecule has 0 fully saturated rings. The molecule has 1 aliphatic heterocycles. The highest BCUT2D eigenvalue weighted by Gasteiger charge is 2.24. The molecule has 3 nitrogen and oxygen atoms in total. The lowest BCUT2D eigenvalue weighted by Gasteiger charge is -2.29. The summed E-state index contributed by atoms with van der Waals surface area (Å²) in [7, 11) is 1.69. The lowest BCUT2D eigenvalue weighted by Crippen LogP contribution is -2.30. The first kappa shape index (κ1) is 15.2. The molecule has 0 bridgehead atoms. The number of ether oxygens (including phenoxy) is 2. The van der Waals surface area contributed by atoms with E-state index in [2.05, 4.69) is 17.4 Å². The highest BCUT2D eigenvalue weighted by Crippen LogP contribution is 2.36. The summed E-state index contributed by atoms with van der Waals surface area (Å²) in [5, 5.41) is 4.28. The fourth-order valence-corrected chi connectivity index (χ4v) is 3.19. The molecular formula is C18H20ClNO2. The number of nitrogens with one attached hydrogen (secondary N) is 1. The summed E-state index contributed by atoms with van der Waals surface area (Å²) in [6.07, 6.45) is 0.996. The average Bonchev–Trinajstić information content (AvgIpc) is 2.54. The zero-order valence-corrected chi connectivity index (χ0v) is 13.6. The van der Waals surface area contributed by atoms with Crippen molar-refractivity contribution in [3.8, 4) is 11.5 Å². The fraction of sp³-hybridized carbons (Fsp3) is 0.333. The van der Waals surface area contributed by atoms with E-state index >= 15 is 0 Å². The van der Waals surface area contributed by atoms with Gasteiger partial charge in [-0.2, -0.15) is 0 Å². The van der Waals surface area contributed by atoms with E-state index in [0.717, 1.165) is 35.1 Å². The van der Waals surface area contributed by atoms with Crippen LogP contribution in [0.3, 0.4) is 0 Å². The Morgan fingerprint density at radius 1 is 1.18 bits per heavy atom. The molecule has 116 valence electrons. The first-order valence-electron chi connectivity index (χ1n) is 7.55. The maximum absolute atomic E-state index is 6.18. The molecule has 1 aliphatic rings. The van der Waals surface area contributed by atoms with Crippen molar-refractivity contribution in [1.82, 2.24) is 5.32 Å². The molecule has 0 aromatic heterocycles. The third-order valence-corrected chi connectivity index (χ3v) is 4.22. The van der Waals surface area contributed by atoms with Gasteiger partial charge in [0.1, 0.15) is 11.5 Å². The normalized spacial score (nSPS) is 17.0. The molecule has 0 amide bonds. The zero-order valence-electron chi connectivity index (χ0n) is 12.9. The quantitative estimate of drug-likeness (QED) is 0.925. The lowest BCUT2D eigenvalue weighted by molar-refractivity contribution is 0.339. The van der Waals surface area contributed by atoms with E-state index in [1.165, 1.54) is 11.1 Å². The van der Waals surface area contributed by atoms with Gasteiger partial charge in [-0.15, -0.1) is 0 Å². The molecule has 1 atom stereocenters. The molecular weight excluding hydrogens is 298 g/mol. The molecule has 1 N–H and O–H groups in total. The van der Waals surface area contributed by atoms with E-state index in [1.807, 2.05) is 31.2 Å². The SMILES string of the molecule is CCOc1ccc2c(c1)CCNC2c1cc(Cl)ccc1OC. The minimum atomic E-state index is 0.0908. The van der Waals surface area contributed by atoms with Crippen LogP contribution < -0.4 is 14.8 Å². The van der Waals surface area contributed by atoms with Crippen molar-refractivity contribution >= 4 is 11.6 Å². The van der Waals surface area contributed by atoms with Crippen LogP contribution in [-0.2, 0) is 6.42 Å². The van der Waals surface area contributed by atoms with Crippen LogP contribution in [0.1, 0.15) is 29.7 Å². The Kier molecular flexibility index (Phi) is 4.55. The third-order valence-electron chi connectivity index (χ3n) is 3.98. The smallest absolute Gasteiger partial charge is 0.124 e. The molecule has 0 radical (unpaired) electrons. The largest absolute Gasteiger partial charge is 0.496 e. The van der Waals surface area contributed by atoms with Gasteiger partial charge >= 0.3 is 0 Å². The number of hydrogen-bond acceptors (Lipinski definition) is 3. The third kappa shape index (κ3) is 2.92. The Morgan fingerprint density at radius 2 is 2.05 bits per heavy atom. The highest BCUT2D eigenvalue weighted by atomic mass is 35.5. The van der Waals surface area contributed by atoms with Gasteiger partial charge in [0, 0.05) is 17.1 Å². The molecule has 2 aromatic rings. The Hall–Kier alpha value is -1.71. The van der Waals surface area contributed by atoms with Crippen LogP contribution in [0.4, 0.5) is 0 Å². The second kappa shape index (κ2) is 6.59. The van der Waals surface area contributed by atoms with Gasteiger partial charge in [-0.1, -0.05) is 17.7 Å². The van der Waals surface area contributed by atoms with Crippen LogP contribution in [-0.4, -0.2) is 20.3 Å². The number of fused-ring (bicyclic) bond motifs is 1. The molecule has 1 heterocycles. The summed E-state index contributed by atoms with van der Waals surface area (Å²) >= 11 is 6.18. The van der Waals surface area contributed by atoms with Crippen molar-refractivity contribution in [1.29, 1.82) is 0 Å². The van der Waals surface area contributed by atoms with Gasteiger partial charge in [0.15, 0.2) is 0 Å². The molecule has 2 aromatic carbocycles. The van der Waals surface area contributed by atoms with E-state index in [4.69, 9.17) is 21.1 Å². The Balaban J connectivity index is 2.03. The number of benzene rings is 2. The topological polar surface area (TPSA) is 30.5 Å². The number of hydrogen-bond donors (Lipinski definition) is 1. The van der Waals surface area contributed by atoms with Crippen molar-refractivity contribution in [2.45, 2.75) is 19.4 Å². The molecule has 0 aliphatic carbocycles. The van der Waals surface area contributed by atoms with E-state index in [9.17, 15) is 0 Å². The first-order chi connectivity index (χ1) is 10.7. The minimum absolute atomic E-state index is 0.0908. The summed E-state index contributed by atoms with van der Waals surface area (Å²) in [5.41, 5.74) is 3.65. The molecule has 22 heavy (non-hydrogen) atoms. The van der Waals surface area contributed by atoms with E-state index in [0.29, 0.717) is 6.61 Å². The molecule has 3 rings (SSSR count). The summed E-state index contributed by atoms with van der Waals surface area (Å²) < 4.78 is 11.1. The van der Waals surface area contributed by atoms with Crippen molar-refractivity contribution in [2.24, 2.45) is 0 Å². The standard InChI is InChI=1S/C18H20ClNO2/c1-3-22-14-5-6-15-12(10-14)8-9-20-18(15)16-11-13(19)4-7-17(16)21-2/h4-7,10-11,18,20H,3,8-9H2,1-2H3. The Labute approximate surface area is 136 Å². The van der Waals surface area contributed by atoms with Gasteiger partial charge in [0.2, 0.25) is 0 Å². The van der Waals surface area contributed by atoms with Crippen LogP contribution in [0.25, 0.3) is 0 Å². The van der Waals surface area contributed by atoms with Gasteiger partial charge in [0.05, 0.1) is 19.8 Å². The van der Waals surface area contributed by atoms with Crippen LogP contribution >= 0.6 is 11.6 Å². The fourth-order valence-electron chi connectivity index (χ4n) is 3.01. The van der Waals surface area contributed by atoms with Crippen molar-refractivity contribution < 1.29 is 9.47 Å². The van der Waals surface area contributed by atoms with Crippen LogP contribution in [0.15, 0.2) is 36.4 Å². The number of methoxy groups -OCH3 is 1. The predicted molar refractivity (Wildman–Crippen MR) is 89.2 cm³/mol. The Bertz CT molecular complexity index is 672. The van der Waals surface area contributed by atoms with E-state index in [1.54, 1.807) is 7.11 Å². The van der Waals surface area contributed by atoms with Crippen molar-refractivity contribution in [3.63, 3.8) is 0 Å². The monoisotopic (exact) mass is 317 g/mol. The zero-order chi connectivity index (χ0) is 15.5. The Morgan fingerprint density at radius 3 is 2.82 bits per heavy atom. The number of halogens is 1. The minimum Gasteiger partial charge on any atom is -0.496 e. The molecule has 0 spiro atoms. The average molecular weight is 318 g/mol. The van der Waals surface area contributed by atoms with Gasteiger partial charge in [-0.05, 0) is 54.8 Å². The highest BCUT2D eigenvalue weighted by molar-refractivity contribution is 6.30. The maximum atomic E-state index is 6.18. The maximum Gasteiger partial charge on any atom is 0.124 e. The van der Waals surface area contributed by atoms with Crippen LogP contribution in [0.5, 0.6) is 11.5 Å². The molecule has 0 saturated carbocycles. The number of rotatable bonds is 4. The van der Waals surface area contributed by atoms with E-state index in [-0.39, 0.29) is 6.04 Å². The van der Waals surface area contributed by atoms with E-state index < -0.39 is 0 Å². The van der Waals surface area contributed by atoms with Gasteiger partial charge in [-0.25, -0.2) is 0 Å². The van der Waals surface area contributed by atoms with Gasteiger partial charge in [-0.3, -0.25) is 0 Å². The van der Waals surface area contributed by atoms with Crippen LogP contribution in [0, 0.1) is 0 Å². The van der Waals surface area contributed by atoms with Crippen LogP contribution in [0.2, 0.25) is 5.02 Å². The molecule has 4 heteroatoms. The first-order valence-corrected chi connectivity index (χ1v) is 7.93. The summed E-state index contributed by atoms with van der Waals surface area (Å²) in [6.45, 7) is 3.60. The van der Waals surface area contributed by atoms with Crippen molar-refractivity contribution in [3.05, 3.63) is 58.1 Å². The summed E-state index contributed by atoms with van der Waals surface area (Å²) in [6, 6.07) is 12.1. The van der Waals surface area contributed by atoms with Gasteiger partial charge in [0.25, 0.3) is 0 Å². The molecule has 1 unspecified atom stereocenters. The second-order valence-corrected chi connectivity index (χ2v) is 5.75. The summed E-state index contributed by atoms with van der Waals surface area (Å²) in [5.74, 6) is 1.78. The predicted octanol–water partition coefficient (Wildman–Crippen LogP) is 3.98. The summed E-state index contributed by atoms with van der Waals surface area (Å²) in [4.78, 5) is 0.